The number of aliphatic hydroxyl groups excluding tert-OH is 1. The second kappa shape index (κ2) is 7.23. The predicted octanol–water partition coefficient (Wildman–Crippen LogP) is 3.12. The van der Waals surface area contributed by atoms with Crippen molar-refractivity contribution in [2.24, 2.45) is 5.41 Å². The molecule has 0 bridgehead atoms. The number of aromatic nitrogens is 2. The van der Waals surface area contributed by atoms with Crippen molar-refractivity contribution in [3.8, 4) is 0 Å². The maximum absolute atomic E-state index is 9.27. The molecule has 0 saturated heterocycles. The quantitative estimate of drug-likeness (QED) is 0.759. The van der Waals surface area contributed by atoms with E-state index in [9.17, 15) is 5.11 Å². The molecule has 1 aliphatic carbocycles. The van der Waals surface area contributed by atoms with E-state index in [1.807, 2.05) is 6.20 Å². The molecule has 0 spiro atoms. The lowest BCUT2D eigenvalue weighted by atomic mass is 9.71. The van der Waals surface area contributed by atoms with Gasteiger partial charge in [-0.15, -0.1) is 0 Å². The molecular weight excluding hydrogens is 262 g/mol. The van der Waals surface area contributed by atoms with Crippen molar-refractivity contribution in [1.29, 1.82) is 0 Å². The van der Waals surface area contributed by atoms with Gasteiger partial charge in [-0.05, 0) is 38.0 Å². The lowest BCUT2D eigenvalue weighted by molar-refractivity contribution is 0.185. The second-order valence-corrected chi connectivity index (χ2v) is 6.78. The number of allylic oxidation sites excluding steroid dienone is 1. The first-order valence-electron chi connectivity index (χ1n) is 8.03. The summed E-state index contributed by atoms with van der Waals surface area (Å²) in [6, 6.07) is 0. The number of hydrogen-bond acceptors (Lipinski definition) is 3. The van der Waals surface area contributed by atoms with E-state index in [1.165, 1.54) is 19.3 Å². The number of aromatic amines is 1. The summed E-state index contributed by atoms with van der Waals surface area (Å²) in [5.41, 5.74) is 3.53. The smallest absolute Gasteiger partial charge is 0.120 e. The Morgan fingerprint density at radius 1 is 1.38 bits per heavy atom. The molecule has 118 valence electrons. The Kier molecular flexibility index (Phi) is 5.59. The number of nitrogens with zero attached hydrogens (tertiary/aromatic N) is 2. The minimum atomic E-state index is 0.197. The summed E-state index contributed by atoms with van der Waals surface area (Å²) in [5, 5.41) is 9.27. The summed E-state index contributed by atoms with van der Waals surface area (Å²) in [7, 11) is 0. The lowest BCUT2D eigenvalue weighted by Gasteiger charge is -2.35. The van der Waals surface area contributed by atoms with Gasteiger partial charge in [0.2, 0.25) is 0 Å². The van der Waals surface area contributed by atoms with Gasteiger partial charge in [0.25, 0.3) is 0 Å². The maximum Gasteiger partial charge on any atom is 0.120 e. The van der Waals surface area contributed by atoms with Crippen LogP contribution in [0.1, 0.15) is 52.3 Å². The lowest BCUT2D eigenvalue weighted by Crippen LogP contribution is -2.30. The molecule has 0 aromatic carbocycles. The molecular formula is C17H29N3O. The molecule has 0 fully saturated rings. The van der Waals surface area contributed by atoms with Crippen molar-refractivity contribution in [1.82, 2.24) is 14.9 Å². The van der Waals surface area contributed by atoms with Crippen LogP contribution < -0.4 is 0 Å². The van der Waals surface area contributed by atoms with Gasteiger partial charge >= 0.3 is 0 Å². The van der Waals surface area contributed by atoms with Gasteiger partial charge in [-0.2, -0.15) is 0 Å². The highest BCUT2D eigenvalue weighted by molar-refractivity contribution is 5.22. The number of nitrogens with one attached hydrogen (secondary N) is 1. The summed E-state index contributed by atoms with van der Waals surface area (Å²) in [5.74, 6) is 0.969. The monoisotopic (exact) mass is 291 g/mol. The zero-order valence-electron chi connectivity index (χ0n) is 13.7. The van der Waals surface area contributed by atoms with Crippen LogP contribution in [0.25, 0.3) is 0 Å². The van der Waals surface area contributed by atoms with E-state index < -0.39 is 0 Å². The van der Waals surface area contributed by atoms with Gasteiger partial charge in [0.05, 0.1) is 13.2 Å². The van der Waals surface area contributed by atoms with Crippen LogP contribution in [0.4, 0.5) is 0 Å². The van der Waals surface area contributed by atoms with Gasteiger partial charge in [0.15, 0.2) is 0 Å². The standard InChI is InChI=1S/C17H29N3O/c1-14-5-4-7-17(2,3)15(14)6-10-20(11-12-21)13-16-18-8-9-19-16/h8-9,21H,4-7,10-13H2,1-3H3,(H,18,19). The third-order valence-electron chi connectivity index (χ3n) is 4.71. The van der Waals surface area contributed by atoms with Crippen molar-refractivity contribution < 1.29 is 5.11 Å². The van der Waals surface area contributed by atoms with Crippen molar-refractivity contribution in [3.05, 3.63) is 29.4 Å². The molecule has 1 aliphatic rings. The minimum Gasteiger partial charge on any atom is -0.395 e. The molecule has 0 saturated carbocycles. The van der Waals surface area contributed by atoms with Gasteiger partial charge in [-0.25, -0.2) is 4.98 Å². The molecule has 1 aromatic heterocycles. The average Bonchev–Trinajstić information content (AvgIpc) is 2.90. The number of imidazole rings is 1. The molecule has 4 heteroatoms. The van der Waals surface area contributed by atoms with Crippen molar-refractivity contribution in [3.63, 3.8) is 0 Å². The Bertz CT molecular complexity index is 462. The largest absolute Gasteiger partial charge is 0.395 e. The number of H-pyrrole nitrogens is 1. The Morgan fingerprint density at radius 3 is 2.81 bits per heavy atom. The minimum absolute atomic E-state index is 0.197. The van der Waals surface area contributed by atoms with Gasteiger partial charge in [-0.3, -0.25) is 4.90 Å². The van der Waals surface area contributed by atoms with Crippen LogP contribution in [0.3, 0.4) is 0 Å². The molecule has 2 N–H and O–H groups in total. The molecule has 0 radical (unpaired) electrons. The summed E-state index contributed by atoms with van der Waals surface area (Å²) in [6.45, 7) is 9.69. The molecule has 21 heavy (non-hydrogen) atoms. The number of hydrogen-bond donors (Lipinski definition) is 2. The maximum atomic E-state index is 9.27. The van der Waals surface area contributed by atoms with Crippen LogP contribution in [0.15, 0.2) is 23.5 Å². The van der Waals surface area contributed by atoms with Crippen LogP contribution in [0.2, 0.25) is 0 Å². The molecule has 0 amide bonds. The Morgan fingerprint density at radius 2 is 2.19 bits per heavy atom. The molecule has 1 heterocycles. The van der Waals surface area contributed by atoms with Crippen LogP contribution in [0, 0.1) is 5.41 Å². The summed E-state index contributed by atoms with van der Waals surface area (Å²) >= 11 is 0. The van der Waals surface area contributed by atoms with Crippen LogP contribution in [-0.4, -0.2) is 39.7 Å². The van der Waals surface area contributed by atoms with Crippen LogP contribution in [-0.2, 0) is 6.54 Å². The zero-order chi connectivity index (χ0) is 15.3. The molecule has 4 nitrogen and oxygen atoms in total. The van der Waals surface area contributed by atoms with Crippen molar-refractivity contribution >= 4 is 0 Å². The van der Waals surface area contributed by atoms with Gasteiger partial charge in [-0.1, -0.05) is 25.0 Å². The molecule has 0 unspecified atom stereocenters. The summed E-state index contributed by atoms with van der Waals surface area (Å²) in [4.78, 5) is 9.71. The van der Waals surface area contributed by atoms with E-state index >= 15 is 0 Å². The van der Waals surface area contributed by atoms with E-state index in [-0.39, 0.29) is 6.61 Å². The van der Waals surface area contributed by atoms with E-state index in [0.29, 0.717) is 12.0 Å². The highest BCUT2D eigenvalue weighted by Gasteiger charge is 2.28. The molecule has 0 atom stereocenters. The Hall–Kier alpha value is -1.13. The van der Waals surface area contributed by atoms with E-state index in [4.69, 9.17) is 0 Å². The zero-order valence-corrected chi connectivity index (χ0v) is 13.7. The summed E-state index contributed by atoms with van der Waals surface area (Å²) in [6.07, 6.45) is 8.58. The number of rotatable bonds is 7. The highest BCUT2D eigenvalue weighted by atomic mass is 16.3. The predicted molar refractivity (Wildman–Crippen MR) is 85.9 cm³/mol. The summed E-state index contributed by atoms with van der Waals surface area (Å²) < 4.78 is 0. The van der Waals surface area contributed by atoms with Gasteiger partial charge in [0.1, 0.15) is 5.82 Å². The second-order valence-electron chi connectivity index (χ2n) is 6.78. The van der Waals surface area contributed by atoms with E-state index in [1.54, 1.807) is 17.3 Å². The topological polar surface area (TPSA) is 52.1 Å². The first-order valence-corrected chi connectivity index (χ1v) is 8.03. The fraction of sp³-hybridized carbons (Fsp3) is 0.706. The normalized spacial score (nSPS) is 18.5. The SMILES string of the molecule is CC1=C(CCN(CCO)Cc2ncc[nH]2)C(C)(C)CCC1. The van der Waals surface area contributed by atoms with Crippen LogP contribution in [0.5, 0.6) is 0 Å². The highest BCUT2D eigenvalue weighted by Crippen LogP contribution is 2.41. The number of aliphatic hydroxyl groups is 1. The van der Waals surface area contributed by atoms with Crippen molar-refractivity contribution in [2.75, 3.05) is 19.7 Å². The fourth-order valence-electron chi connectivity index (χ4n) is 3.50. The Balaban J connectivity index is 1.97. The third kappa shape index (κ3) is 4.42. The van der Waals surface area contributed by atoms with Gasteiger partial charge < -0.3 is 10.1 Å². The molecule has 1 aromatic rings. The first kappa shape index (κ1) is 16.2. The van der Waals surface area contributed by atoms with Gasteiger partial charge in [0, 0.05) is 25.5 Å². The average molecular weight is 291 g/mol. The van der Waals surface area contributed by atoms with Crippen molar-refractivity contribution in [2.45, 2.75) is 53.0 Å². The third-order valence-corrected chi connectivity index (χ3v) is 4.71. The Labute approximate surface area is 128 Å². The molecule has 2 rings (SSSR count). The first-order chi connectivity index (χ1) is 10.0. The van der Waals surface area contributed by atoms with E-state index in [2.05, 4.69) is 35.6 Å². The van der Waals surface area contributed by atoms with Crippen LogP contribution >= 0.6 is 0 Å². The fourth-order valence-corrected chi connectivity index (χ4v) is 3.50. The molecule has 0 aliphatic heterocycles. The van der Waals surface area contributed by atoms with E-state index in [0.717, 1.165) is 25.3 Å².